The first-order valence-corrected chi connectivity index (χ1v) is 8.45. The number of hydrogen-bond acceptors (Lipinski definition) is 6. The first-order chi connectivity index (χ1) is 9.72. The second-order valence-electron chi connectivity index (χ2n) is 5.07. The molecule has 0 aromatic rings. The molecule has 0 aromatic heterocycles. The second kappa shape index (κ2) is 9.73. The standard InChI is InChI=1S/C13H25NO6S/c1-11(2)10-14(8-7-13(16)20-4)21(17,18)9-5-6-12(15)19-3/h11H,5-10H2,1-4H3. The van der Waals surface area contributed by atoms with Crippen LogP contribution in [-0.2, 0) is 29.1 Å². The fourth-order valence-corrected chi connectivity index (χ4v) is 3.36. The normalized spacial score (nSPS) is 11.7. The SMILES string of the molecule is COC(=O)CCCS(=O)(=O)N(CCC(=O)OC)CC(C)C. The van der Waals surface area contributed by atoms with Gasteiger partial charge in [0.05, 0.1) is 26.4 Å². The van der Waals surface area contributed by atoms with E-state index in [0.29, 0.717) is 6.54 Å². The number of nitrogens with zero attached hydrogens (tertiary/aromatic N) is 1. The van der Waals surface area contributed by atoms with Crippen LogP contribution in [0.5, 0.6) is 0 Å². The van der Waals surface area contributed by atoms with Crippen molar-refractivity contribution in [1.29, 1.82) is 0 Å². The maximum Gasteiger partial charge on any atom is 0.306 e. The molecule has 8 heteroatoms. The van der Waals surface area contributed by atoms with Crippen molar-refractivity contribution in [2.75, 3.05) is 33.1 Å². The zero-order valence-corrected chi connectivity index (χ0v) is 13.9. The fourth-order valence-electron chi connectivity index (χ4n) is 1.70. The predicted octanol–water partition coefficient (Wildman–Crippen LogP) is 0.790. The molecule has 0 aromatic carbocycles. The molecule has 0 atom stereocenters. The van der Waals surface area contributed by atoms with Gasteiger partial charge >= 0.3 is 11.9 Å². The number of carbonyl (C=O) groups excluding carboxylic acids is 2. The van der Waals surface area contributed by atoms with E-state index >= 15 is 0 Å². The Kier molecular flexibility index (Phi) is 9.19. The number of carbonyl (C=O) groups is 2. The van der Waals surface area contributed by atoms with Gasteiger partial charge in [-0.3, -0.25) is 9.59 Å². The van der Waals surface area contributed by atoms with Crippen LogP contribution in [0.15, 0.2) is 0 Å². The van der Waals surface area contributed by atoms with E-state index in [2.05, 4.69) is 9.47 Å². The van der Waals surface area contributed by atoms with Gasteiger partial charge < -0.3 is 9.47 Å². The van der Waals surface area contributed by atoms with Gasteiger partial charge in [0.1, 0.15) is 0 Å². The molecule has 124 valence electrons. The Morgan fingerprint density at radius 3 is 2.05 bits per heavy atom. The van der Waals surface area contributed by atoms with Crippen LogP contribution in [0.3, 0.4) is 0 Å². The topological polar surface area (TPSA) is 90.0 Å². The lowest BCUT2D eigenvalue weighted by Gasteiger charge is -2.23. The average molecular weight is 323 g/mol. The smallest absolute Gasteiger partial charge is 0.306 e. The molecular formula is C13H25NO6S. The quantitative estimate of drug-likeness (QED) is 0.552. The monoisotopic (exact) mass is 323 g/mol. The molecule has 0 aliphatic carbocycles. The van der Waals surface area contributed by atoms with E-state index in [1.54, 1.807) is 0 Å². The van der Waals surface area contributed by atoms with Crippen LogP contribution < -0.4 is 0 Å². The number of sulfonamides is 1. The summed E-state index contributed by atoms with van der Waals surface area (Å²) in [4.78, 5) is 22.2. The summed E-state index contributed by atoms with van der Waals surface area (Å²) >= 11 is 0. The Bertz CT molecular complexity index is 432. The van der Waals surface area contributed by atoms with Gasteiger partial charge in [-0.1, -0.05) is 13.8 Å². The molecule has 0 saturated heterocycles. The molecular weight excluding hydrogens is 298 g/mol. The molecule has 21 heavy (non-hydrogen) atoms. The lowest BCUT2D eigenvalue weighted by Crippen LogP contribution is -2.37. The highest BCUT2D eigenvalue weighted by molar-refractivity contribution is 7.89. The molecule has 0 unspecified atom stereocenters. The zero-order valence-electron chi connectivity index (χ0n) is 13.1. The van der Waals surface area contributed by atoms with Crippen LogP contribution in [0, 0.1) is 5.92 Å². The van der Waals surface area contributed by atoms with Crippen molar-refractivity contribution in [3.63, 3.8) is 0 Å². The van der Waals surface area contributed by atoms with Crippen LogP contribution in [0.25, 0.3) is 0 Å². The maximum atomic E-state index is 12.3. The molecule has 0 bridgehead atoms. The van der Waals surface area contributed by atoms with Crippen molar-refractivity contribution in [2.45, 2.75) is 33.1 Å². The average Bonchev–Trinajstić information content (AvgIpc) is 2.41. The van der Waals surface area contributed by atoms with Crippen molar-refractivity contribution >= 4 is 22.0 Å². The summed E-state index contributed by atoms with van der Waals surface area (Å²) in [5, 5.41) is 0. The van der Waals surface area contributed by atoms with Gasteiger partial charge in [0.2, 0.25) is 10.0 Å². The molecule has 7 nitrogen and oxygen atoms in total. The van der Waals surface area contributed by atoms with E-state index in [1.807, 2.05) is 13.8 Å². The summed E-state index contributed by atoms with van der Waals surface area (Å²) in [7, 11) is -0.981. The predicted molar refractivity (Wildman–Crippen MR) is 78.1 cm³/mol. The highest BCUT2D eigenvalue weighted by Gasteiger charge is 2.23. The zero-order chi connectivity index (χ0) is 16.5. The van der Waals surface area contributed by atoms with E-state index in [1.165, 1.54) is 18.5 Å². The van der Waals surface area contributed by atoms with E-state index < -0.39 is 22.0 Å². The van der Waals surface area contributed by atoms with Crippen molar-refractivity contribution in [3.8, 4) is 0 Å². The molecule has 0 radical (unpaired) electrons. The first kappa shape index (κ1) is 19.9. The number of esters is 2. The summed E-state index contributed by atoms with van der Waals surface area (Å²) in [6, 6.07) is 0. The first-order valence-electron chi connectivity index (χ1n) is 6.84. The van der Waals surface area contributed by atoms with Gasteiger partial charge in [0.25, 0.3) is 0 Å². The Balaban J connectivity index is 4.62. The number of methoxy groups -OCH3 is 2. The van der Waals surface area contributed by atoms with Gasteiger partial charge in [-0.2, -0.15) is 0 Å². The van der Waals surface area contributed by atoms with Crippen LogP contribution in [-0.4, -0.2) is 57.7 Å². The van der Waals surface area contributed by atoms with E-state index in [4.69, 9.17) is 0 Å². The molecule has 0 heterocycles. The van der Waals surface area contributed by atoms with Gasteiger partial charge in [-0.15, -0.1) is 0 Å². The highest BCUT2D eigenvalue weighted by atomic mass is 32.2. The van der Waals surface area contributed by atoms with Crippen LogP contribution >= 0.6 is 0 Å². The third kappa shape index (κ3) is 8.67. The molecule has 0 aliphatic heterocycles. The molecule has 0 saturated carbocycles. The number of ether oxygens (including phenoxy) is 2. The van der Waals surface area contributed by atoms with Gasteiger partial charge in [-0.05, 0) is 12.3 Å². The molecule has 0 fully saturated rings. The Morgan fingerprint density at radius 2 is 1.57 bits per heavy atom. The Labute approximate surface area is 126 Å². The maximum absolute atomic E-state index is 12.3. The van der Waals surface area contributed by atoms with Crippen LogP contribution in [0.1, 0.15) is 33.1 Å². The molecule has 0 N–H and O–H groups in total. The third-order valence-electron chi connectivity index (χ3n) is 2.77. The van der Waals surface area contributed by atoms with Crippen LogP contribution in [0.2, 0.25) is 0 Å². The lowest BCUT2D eigenvalue weighted by atomic mass is 10.2. The number of hydrogen-bond donors (Lipinski definition) is 0. The van der Waals surface area contributed by atoms with Crippen LogP contribution in [0.4, 0.5) is 0 Å². The summed E-state index contributed by atoms with van der Waals surface area (Å²) in [5.41, 5.74) is 0. The molecule has 0 amide bonds. The minimum absolute atomic E-state index is 0.0133. The van der Waals surface area contributed by atoms with Crippen molar-refractivity contribution < 1.29 is 27.5 Å². The minimum atomic E-state index is -3.51. The molecule has 0 spiro atoms. The lowest BCUT2D eigenvalue weighted by molar-refractivity contribution is -0.141. The fraction of sp³-hybridized carbons (Fsp3) is 0.846. The summed E-state index contributed by atoms with van der Waals surface area (Å²) in [5.74, 6) is -0.891. The third-order valence-corrected chi connectivity index (χ3v) is 4.69. The van der Waals surface area contributed by atoms with E-state index in [-0.39, 0.29) is 37.5 Å². The van der Waals surface area contributed by atoms with E-state index in [9.17, 15) is 18.0 Å². The summed E-state index contributed by atoms with van der Waals surface area (Å²) < 4.78 is 34.8. The van der Waals surface area contributed by atoms with Gasteiger partial charge in [-0.25, -0.2) is 12.7 Å². The second-order valence-corrected chi connectivity index (χ2v) is 7.16. The minimum Gasteiger partial charge on any atom is -0.469 e. The molecule has 0 rings (SSSR count). The Morgan fingerprint density at radius 1 is 1.05 bits per heavy atom. The van der Waals surface area contributed by atoms with E-state index in [0.717, 1.165) is 0 Å². The Hall–Kier alpha value is -1.15. The van der Waals surface area contributed by atoms with Crippen molar-refractivity contribution in [2.24, 2.45) is 5.92 Å². The summed E-state index contributed by atoms with van der Waals surface area (Å²) in [6.45, 7) is 4.22. The highest BCUT2D eigenvalue weighted by Crippen LogP contribution is 2.10. The summed E-state index contributed by atoms with van der Waals surface area (Å²) in [6.07, 6.45) is 0.267. The van der Waals surface area contributed by atoms with Crippen molar-refractivity contribution in [1.82, 2.24) is 4.31 Å². The molecule has 0 aliphatic rings. The largest absolute Gasteiger partial charge is 0.469 e. The van der Waals surface area contributed by atoms with Gasteiger partial charge in [0.15, 0.2) is 0 Å². The van der Waals surface area contributed by atoms with Crippen molar-refractivity contribution in [3.05, 3.63) is 0 Å². The number of rotatable bonds is 10. The van der Waals surface area contributed by atoms with Gasteiger partial charge in [0, 0.05) is 19.5 Å².